The number of benzene rings is 2. The highest BCUT2D eigenvalue weighted by molar-refractivity contribution is 7.99. The molecule has 1 aliphatic carbocycles. The van der Waals surface area contributed by atoms with Crippen molar-refractivity contribution in [1.29, 1.82) is 0 Å². The molecule has 2 aromatic rings. The van der Waals surface area contributed by atoms with Crippen molar-refractivity contribution >= 4 is 58.4 Å². The monoisotopic (exact) mass is 526 g/mol. The number of nitrogens with one attached hydrogen (secondary N) is 1. The summed E-state index contributed by atoms with van der Waals surface area (Å²) >= 11 is 20.2. The molecule has 0 bridgehead atoms. The van der Waals surface area contributed by atoms with Gasteiger partial charge in [0.25, 0.3) is 0 Å². The van der Waals surface area contributed by atoms with Gasteiger partial charge in [-0.05, 0) is 49.6 Å². The summed E-state index contributed by atoms with van der Waals surface area (Å²) in [5, 5.41) is 4.78. The lowest BCUT2D eigenvalue weighted by Crippen LogP contribution is -2.50. The van der Waals surface area contributed by atoms with E-state index in [0.717, 1.165) is 31.2 Å². The molecule has 0 radical (unpaired) electrons. The fourth-order valence-corrected chi connectivity index (χ4v) is 5.44. The molecule has 0 unspecified atom stereocenters. The summed E-state index contributed by atoms with van der Waals surface area (Å²) in [4.78, 5) is 27.9. The van der Waals surface area contributed by atoms with Crippen LogP contribution in [-0.4, -0.2) is 34.6 Å². The Morgan fingerprint density at radius 1 is 1.03 bits per heavy atom. The third-order valence-electron chi connectivity index (χ3n) is 5.92. The number of halogens is 3. The van der Waals surface area contributed by atoms with Crippen molar-refractivity contribution in [3.63, 3.8) is 0 Å². The Morgan fingerprint density at radius 3 is 2.30 bits per heavy atom. The first-order valence-electron chi connectivity index (χ1n) is 11.2. The summed E-state index contributed by atoms with van der Waals surface area (Å²) in [6.45, 7) is 1.95. The van der Waals surface area contributed by atoms with Crippen LogP contribution in [0, 0.1) is 0 Å². The molecular weight excluding hydrogens is 499 g/mol. The van der Waals surface area contributed by atoms with Gasteiger partial charge in [0.15, 0.2) is 0 Å². The molecule has 2 amide bonds. The van der Waals surface area contributed by atoms with Gasteiger partial charge in [-0.15, -0.1) is 11.8 Å². The van der Waals surface area contributed by atoms with Gasteiger partial charge in [-0.25, -0.2) is 0 Å². The van der Waals surface area contributed by atoms with E-state index in [1.807, 2.05) is 24.3 Å². The van der Waals surface area contributed by atoms with E-state index in [1.54, 1.807) is 30.0 Å². The second-order valence-electron chi connectivity index (χ2n) is 8.36. The van der Waals surface area contributed by atoms with Gasteiger partial charge in [0.05, 0.1) is 5.75 Å². The number of hydrogen-bond donors (Lipinski definition) is 1. The van der Waals surface area contributed by atoms with Gasteiger partial charge in [0.1, 0.15) is 6.04 Å². The molecule has 1 N–H and O–H groups in total. The predicted molar refractivity (Wildman–Crippen MR) is 139 cm³/mol. The molecule has 33 heavy (non-hydrogen) atoms. The molecule has 0 aliphatic heterocycles. The third-order valence-corrected chi connectivity index (χ3v) is 7.87. The van der Waals surface area contributed by atoms with Crippen LogP contribution in [0.2, 0.25) is 15.1 Å². The normalized spacial score (nSPS) is 15.2. The minimum Gasteiger partial charge on any atom is -0.352 e. The SMILES string of the molecule is C[C@@H](C(=O)NC1CCCCC1)N(Cc1c(Cl)cccc1Cl)C(=O)CSCc1ccc(Cl)cc1. The lowest BCUT2D eigenvalue weighted by atomic mass is 9.95. The summed E-state index contributed by atoms with van der Waals surface area (Å²) in [6, 6.07) is 12.4. The fraction of sp³-hybridized carbons (Fsp3) is 0.440. The van der Waals surface area contributed by atoms with Gasteiger partial charge in [0.2, 0.25) is 11.8 Å². The van der Waals surface area contributed by atoms with Crippen molar-refractivity contribution in [2.75, 3.05) is 5.75 Å². The lowest BCUT2D eigenvalue weighted by Gasteiger charge is -2.31. The van der Waals surface area contributed by atoms with E-state index < -0.39 is 6.04 Å². The average molecular weight is 528 g/mol. The van der Waals surface area contributed by atoms with Crippen LogP contribution in [0.3, 0.4) is 0 Å². The maximum atomic E-state index is 13.3. The topological polar surface area (TPSA) is 49.4 Å². The number of rotatable bonds is 9. The first kappa shape index (κ1) is 26.2. The van der Waals surface area contributed by atoms with E-state index in [0.29, 0.717) is 26.4 Å². The Bertz CT molecular complexity index is 929. The van der Waals surface area contributed by atoms with Crippen LogP contribution >= 0.6 is 46.6 Å². The molecule has 8 heteroatoms. The van der Waals surface area contributed by atoms with E-state index in [1.165, 1.54) is 18.2 Å². The van der Waals surface area contributed by atoms with Crippen LogP contribution in [0.15, 0.2) is 42.5 Å². The summed E-state index contributed by atoms with van der Waals surface area (Å²) < 4.78 is 0. The Kier molecular flexibility index (Phi) is 10.2. The highest BCUT2D eigenvalue weighted by Gasteiger charge is 2.29. The molecular formula is C25H29Cl3N2O2S. The zero-order chi connectivity index (χ0) is 23.8. The van der Waals surface area contributed by atoms with Gasteiger partial charge in [-0.2, -0.15) is 0 Å². The summed E-state index contributed by atoms with van der Waals surface area (Å²) in [5.41, 5.74) is 1.73. The number of hydrogen-bond acceptors (Lipinski definition) is 3. The minimum atomic E-state index is -0.636. The van der Waals surface area contributed by atoms with E-state index in [-0.39, 0.29) is 30.2 Å². The van der Waals surface area contributed by atoms with Gasteiger partial charge in [-0.3, -0.25) is 9.59 Å². The second kappa shape index (κ2) is 12.9. The van der Waals surface area contributed by atoms with Crippen molar-refractivity contribution in [3.8, 4) is 0 Å². The molecule has 3 rings (SSSR count). The minimum absolute atomic E-state index is 0.128. The van der Waals surface area contributed by atoms with E-state index in [9.17, 15) is 9.59 Å². The quantitative estimate of drug-likeness (QED) is 0.392. The number of amides is 2. The first-order valence-corrected chi connectivity index (χ1v) is 13.5. The van der Waals surface area contributed by atoms with Crippen molar-refractivity contribution in [1.82, 2.24) is 10.2 Å². The number of nitrogens with zero attached hydrogens (tertiary/aromatic N) is 1. The standard InChI is InChI=1S/C25H29Cl3N2O2S/c1-17(25(32)29-20-6-3-2-4-7-20)30(14-21-22(27)8-5-9-23(21)28)24(31)16-33-15-18-10-12-19(26)13-11-18/h5,8-13,17,20H,2-4,6-7,14-16H2,1H3,(H,29,32)/t17-/m0/s1. The molecule has 0 aromatic heterocycles. The Labute approximate surface area is 215 Å². The maximum absolute atomic E-state index is 13.3. The Balaban J connectivity index is 1.69. The summed E-state index contributed by atoms with van der Waals surface area (Å²) in [7, 11) is 0. The number of thioether (sulfide) groups is 1. The van der Waals surface area contributed by atoms with Crippen molar-refractivity contribution in [3.05, 3.63) is 68.7 Å². The molecule has 1 atom stereocenters. The third kappa shape index (κ3) is 7.81. The van der Waals surface area contributed by atoms with Crippen LogP contribution < -0.4 is 5.32 Å². The molecule has 4 nitrogen and oxygen atoms in total. The van der Waals surface area contributed by atoms with Gasteiger partial charge < -0.3 is 10.2 Å². The largest absolute Gasteiger partial charge is 0.352 e. The first-order chi connectivity index (χ1) is 15.8. The van der Waals surface area contributed by atoms with Crippen molar-refractivity contribution in [2.24, 2.45) is 0 Å². The molecule has 0 saturated heterocycles. The maximum Gasteiger partial charge on any atom is 0.242 e. The molecule has 2 aromatic carbocycles. The average Bonchev–Trinajstić information content (AvgIpc) is 2.80. The predicted octanol–water partition coefficient (Wildman–Crippen LogP) is 6.75. The Hall–Kier alpha value is -1.40. The summed E-state index contributed by atoms with van der Waals surface area (Å²) in [6.07, 6.45) is 5.43. The molecule has 1 aliphatic rings. The molecule has 0 heterocycles. The summed E-state index contributed by atoms with van der Waals surface area (Å²) in [5.74, 6) is 0.648. The fourth-order valence-electron chi connectivity index (χ4n) is 3.92. The lowest BCUT2D eigenvalue weighted by molar-refractivity contribution is -0.139. The molecule has 178 valence electrons. The zero-order valence-electron chi connectivity index (χ0n) is 18.7. The Morgan fingerprint density at radius 2 is 1.67 bits per heavy atom. The van der Waals surface area contributed by atoms with Crippen LogP contribution in [0.1, 0.15) is 50.2 Å². The van der Waals surface area contributed by atoms with Crippen LogP contribution in [0.25, 0.3) is 0 Å². The van der Waals surface area contributed by atoms with Gasteiger partial charge in [-0.1, -0.05) is 72.3 Å². The molecule has 1 fully saturated rings. The highest BCUT2D eigenvalue weighted by atomic mass is 35.5. The molecule has 1 saturated carbocycles. The van der Waals surface area contributed by atoms with Crippen molar-refractivity contribution < 1.29 is 9.59 Å². The smallest absolute Gasteiger partial charge is 0.242 e. The second-order valence-corrected chi connectivity index (χ2v) is 10.6. The highest BCUT2D eigenvalue weighted by Crippen LogP contribution is 2.27. The van der Waals surface area contributed by atoms with Gasteiger partial charge in [0, 0.05) is 39.0 Å². The van der Waals surface area contributed by atoms with Crippen LogP contribution in [0.5, 0.6) is 0 Å². The number of carbonyl (C=O) groups excluding carboxylic acids is 2. The van der Waals surface area contributed by atoms with Gasteiger partial charge >= 0.3 is 0 Å². The van der Waals surface area contributed by atoms with Crippen LogP contribution in [0.4, 0.5) is 0 Å². The van der Waals surface area contributed by atoms with E-state index >= 15 is 0 Å². The van der Waals surface area contributed by atoms with E-state index in [4.69, 9.17) is 34.8 Å². The zero-order valence-corrected chi connectivity index (χ0v) is 21.7. The molecule has 0 spiro atoms. The van der Waals surface area contributed by atoms with Crippen molar-refractivity contribution in [2.45, 2.75) is 63.4 Å². The van der Waals surface area contributed by atoms with Crippen LogP contribution in [-0.2, 0) is 21.9 Å². The van der Waals surface area contributed by atoms with E-state index in [2.05, 4.69) is 5.32 Å². The number of carbonyl (C=O) groups is 2.